The second kappa shape index (κ2) is 8.01. The maximum atomic E-state index is 6.35. The first-order chi connectivity index (χ1) is 10.2. The Bertz CT molecular complexity index is 587. The summed E-state index contributed by atoms with van der Waals surface area (Å²) in [5.41, 5.74) is 3.17. The number of hydrogen-bond acceptors (Lipinski definition) is 3. The molecule has 0 spiro atoms. The van der Waals surface area contributed by atoms with Gasteiger partial charge in [-0.15, -0.1) is 0 Å². The van der Waals surface area contributed by atoms with Gasteiger partial charge >= 0.3 is 0 Å². The molecule has 2 aromatic rings. The van der Waals surface area contributed by atoms with Crippen LogP contribution in [0.25, 0.3) is 11.1 Å². The van der Waals surface area contributed by atoms with E-state index in [0.717, 1.165) is 47.0 Å². The van der Waals surface area contributed by atoms with Crippen LogP contribution < -0.4 is 10.1 Å². The minimum Gasteiger partial charge on any atom is -0.492 e. The molecule has 0 bridgehead atoms. The van der Waals surface area contributed by atoms with Gasteiger partial charge in [0.25, 0.3) is 0 Å². The van der Waals surface area contributed by atoms with Crippen LogP contribution in [0.1, 0.15) is 25.8 Å². The highest BCUT2D eigenvalue weighted by atomic mass is 35.5. The van der Waals surface area contributed by atoms with Gasteiger partial charge < -0.3 is 10.1 Å². The van der Waals surface area contributed by atoms with Crippen LogP contribution in [-0.4, -0.2) is 18.1 Å². The fourth-order valence-corrected chi connectivity index (χ4v) is 2.25. The monoisotopic (exact) mass is 304 g/mol. The zero-order valence-corrected chi connectivity index (χ0v) is 13.3. The Morgan fingerprint density at radius 2 is 2.00 bits per heavy atom. The fourth-order valence-electron chi connectivity index (χ4n) is 2.01. The van der Waals surface area contributed by atoms with E-state index in [1.807, 2.05) is 18.3 Å². The first kappa shape index (κ1) is 15.8. The van der Waals surface area contributed by atoms with E-state index in [2.05, 4.69) is 36.3 Å². The second-order valence-electron chi connectivity index (χ2n) is 4.84. The van der Waals surface area contributed by atoms with Gasteiger partial charge in [-0.1, -0.05) is 37.6 Å². The van der Waals surface area contributed by atoms with Crippen LogP contribution in [0, 0.1) is 0 Å². The van der Waals surface area contributed by atoms with E-state index in [1.54, 1.807) is 6.20 Å². The summed E-state index contributed by atoms with van der Waals surface area (Å²) in [6, 6.07) is 8.10. The molecule has 4 heteroatoms. The van der Waals surface area contributed by atoms with Gasteiger partial charge in [-0.2, -0.15) is 0 Å². The molecule has 2 rings (SSSR count). The molecule has 0 aliphatic heterocycles. The molecule has 0 radical (unpaired) electrons. The van der Waals surface area contributed by atoms with Gasteiger partial charge in [-0.3, -0.25) is 4.98 Å². The predicted molar refractivity (Wildman–Crippen MR) is 87.8 cm³/mol. The van der Waals surface area contributed by atoms with Crippen molar-refractivity contribution in [2.75, 3.05) is 13.2 Å². The molecule has 0 atom stereocenters. The number of rotatable bonds is 7. The highest BCUT2D eigenvalue weighted by Gasteiger charge is 2.05. The molecule has 0 fully saturated rings. The zero-order valence-electron chi connectivity index (χ0n) is 12.5. The maximum Gasteiger partial charge on any atom is 0.138 e. The van der Waals surface area contributed by atoms with Crippen molar-refractivity contribution < 1.29 is 4.74 Å². The van der Waals surface area contributed by atoms with Crippen molar-refractivity contribution in [2.45, 2.75) is 26.8 Å². The average Bonchev–Trinajstić information content (AvgIpc) is 2.52. The normalized spacial score (nSPS) is 10.6. The minimum absolute atomic E-state index is 0.702. The van der Waals surface area contributed by atoms with E-state index in [1.165, 1.54) is 0 Å². The molecule has 3 nitrogen and oxygen atoms in total. The highest BCUT2D eigenvalue weighted by Crippen LogP contribution is 2.27. The Balaban J connectivity index is 2.19. The van der Waals surface area contributed by atoms with Gasteiger partial charge in [-0.05, 0) is 36.2 Å². The van der Waals surface area contributed by atoms with E-state index < -0.39 is 0 Å². The van der Waals surface area contributed by atoms with Crippen molar-refractivity contribution in [1.29, 1.82) is 0 Å². The third-order valence-electron chi connectivity index (χ3n) is 3.14. The predicted octanol–water partition coefficient (Wildman–Crippen LogP) is 4.30. The van der Waals surface area contributed by atoms with Gasteiger partial charge in [0.15, 0.2) is 0 Å². The molecule has 0 saturated carbocycles. The summed E-state index contributed by atoms with van der Waals surface area (Å²) in [5.74, 6) is 0.794. The lowest BCUT2D eigenvalue weighted by molar-refractivity contribution is 0.316. The quantitative estimate of drug-likeness (QED) is 0.828. The average molecular weight is 305 g/mol. The van der Waals surface area contributed by atoms with E-state index in [4.69, 9.17) is 16.3 Å². The Labute approximate surface area is 131 Å². The van der Waals surface area contributed by atoms with Gasteiger partial charge in [0, 0.05) is 23.3 Å². The first-order valence-electron chi connectivity index (χ1n) is 7.32. The third kappa shape index (κ3) is 4.45. The number of nitrogens with zero attached hydrogens (tertiary/aromatic N) is 1. The lowest BCUT2D eigenvalue weighted by Crippen LogP contribution is -2.11. The van der Waals surface area contributed by atoms with E-state index in [9.17, 15) is 0 Å². The van der Waals surface area contributed by atoms with Crippen molar-refractivity contribution in [3.05, 3.63) is 47.2 Å². The van der Waals surface area contributed by atoms with Crippen LogP contribution in [0.5, 0.6) is 5.75 Å². The van der Waals surface area contributed by atoms with Crippen LogP contribution in [-0.2, 0) is 6.54 Å². The fraction of sp³-hybridized carbons (Fsp3) is 0.353. The topological polar surface area (TPSA) is 34.1 Å². The Morgan fingerprint density at radius 3 is 2.71 bits per heavy atom. The number of benzene rings is 1. The Kier molecular flexibility index (Phi) is 6.03. The Hall–Kier alpha value is -1.58. The van der Waals surface area contributed by atoms with Gasteiger partial charge in [0.05, 0.1) is 12.8 Å². The van der Waals surface area contributed by atoms with Gasteiger partial charge in [0.1, 0.15) is 5.75 Å². The number of halogens is 1. The van der Waals surface area contributed by atoms with Crippen LogP contribution in [0.2, 0.25) is 5.02 Å². The lowest BCUT2D eigenvalue weighted by atomic mass is 10.1. The summed E-state index contributed by atoms with van der Waals surface area (Å²) in [6.45, 7) is 6.58. The molecule has 0 aliphatic rings. The van der Waals surface area contributed by atoms with Crippen molar-refractivity contribution in [2.24, 2.45) is 0 Å². The number of hydrogen-bond donors (Lipinski definition) is 1. The molecule has 1 heterocycles. The summed E-state index contributed by atoms with van der Waals surface area (Å²) in [6.07, 6.45) is 4.55. The molecular formula is C17H21ClN2O. The summed E-state index contributed by atoms with van der Waals surface area (Å²) in [7, 11) is 0. The van der Waals surface area contributed by atoms with Crippen LogP contribution >= 0.6 is 11.6 Å². The van der Waals surface area contributed by atoms with E-state index in [0.29, 0.717) is 6.61 Å². The molecule has 1 aromatic heterocycles. The van der Waals surface area contributed by atoms with E-state index in [-0.39, 0.29) is 0 Å². The van der Waals surface area contributed by atoms with E-state index >= 15 is 0 Å². The first-order valence-corrected chi connectivity index (χ1v) is 7.69. The molecule has 1 aromatic carbocycles. The largest absolute Gasteiger partial charge is 0.492 e. The molecule has 0 amide bonds. The van der Waals surface area contributed by atoms with Crippen molar-refractivity contribution in [1.82, 2.24) is 10.3 Å². The van der Waals surface area contributed by atoms with Crippen LogP contribution in [0.3, 0.4) is 0 Å². The van der Waals surface area contributed by atoms with Crippen LogP contribution in [0.4, 0.5) is 0 Å². The summed E-state index contributed by atoms with van der Waals surface area (Å²) in [4.78, 5) is 4.24. The molecule has 0 unspecified atom stereocenters. The van der Waals surface area contributed by atoms with Gasteiger partial charge in [-0.25, -0.2) is 0 Å². The summed E-state index contributed by atoms with van der Waals surface area (Å²) < 4.78 is 5.62. The summed E-state index contributed by atoms with van der Waals surface area (Å²) >= 11 is 6.35. The minimum atomic E-state index is 0.702. The molecule has 112 valence electrons. The Morgan fingerprint density at radius 1 is 1.14 bits per heavy atom. The number of nitrogens with one attached hydrogen (secondary N) is 1. The van der Waals surface area contributed by atoms with Crippen LogP contribution in [0.15, 0.2) is 36.7 Å². The van der Waals surface area contributed by atoms with Crippen molar-refractivity contribution >= 4 is 11.6 Å². The molecular weight excluding hydrogens is 284 g/mol. The zero-order chi connectivity index (χ0) is 15.1. The molecule has 0 aliphatic carbocycles. The van der Waals surface area contributed by atoms with Crippen molar-refractivity contribution in [3.8, 4) is 16.9 Å². The van der Waals surface area contributed by atoms with Gasteiger partial charge in [0.2, 0.25) is 0 Å². The smallest absolute Gasteiger partial charge is 0.138 e. The maximum absolute atomic E-state index is 6.35. The molecule has 0 saturated heterocycles. The SMILES string of the molecule is CCCOc1cncc(-c2ccc(CNCC)c(Cl)c2)c1. The summed E-state index contributed by atoms with van der Waals surface area (Å²) in [5, 5.41) is 4.05. The van der Waals surface area contributed by atoms with Crippen molar-refractivity contribution in [3.63, 3.8) is 0 Å². The third-order valence-corrected chi connectivity index (χ3v) is 3.49. The number of pyridine rings is 1. The number of ether oxygens (including phenoxy) is 1. The highest BCUT2D eigenvalue weighted by molar-refractivity contribution is 6.31. The molecule has 1 N–H and O–H groups in total. The molecule has 21 heavy (non-hydrogen) atoms. The number of aromatic nitrogens is 1. The lowest BCUT2D eigenvalue weighted by Gasteiger charge is -2.09. The standard InChI is InChI=1S/C17H21ClN2O/c1-3-7-21-16-8-15(11-20-12-16)13-5-6-14(10-19-4-2)17(18)9-13/h5-6,8-9,11-12,19H,3-4,7,10H2,1-2H3. The second-order valence-corrected chi connectivity index (χ2v) is 5.25.